The third kappa shape index (κ3) is 1.40. The lowest BCUT2D eigenvalue weighted by Gasteiger charge is -2.26. The summed E-state index contributed by atoms with van der Waals surface area (Å²) in [7, 11) is 0. The lowest BCUT2D eigenvalue weighted by atomic mass is 10.0. The molecule has 3 unspecified atom stereocenters. The zero-order chi connectivity index (χ0) is 8.06. The first-order chi connectivity index (χ1) is 5.07. The number of halogens is 3. The third-order valence-corrected chi connectivity index (χ3v) is 3.00. The van der Waals surface area contributed by atoms with E-state index in [1.807, 2.05) is 0 Å². The van der Waals surface area contributed by atoms with Gasteiger partial charge in [-0.2, -0.15) is 0 Å². The van der Waals surface area contributed by atoms with Crippen LogP contribution in [0.4, 0.5) is 0 Å². The van der Waals surface area contributed by atoms with Crippen LogP contribution in [-0.4, -0.2) is 15.9 Å². The molecular weight excluding hydrogens is 204 g/mol. The van der Waals surface area contributed by atoms with Crippen molar-refractivity contribution in [3.8, 4) is 0 Å². The van der Waals surface area contributed by atoms with Crippen molar-refractivity contribution in [3.05, 3.63) is 12.2 Å². The number of alkyl halides is 3. The smallest absolute Gasteiger partial charge is 0.206 e. The summed E-state index contributed by atoms with van der Waals surface area (Å²) in [6, 6.07) is 0.433. The quantitative estimate of drug-likeness (QED) is 0.480. The molecule has 11 heavy (non-hydrogen) atoms. The van der Waals surface area contributed by atoms with Crippen molar-refractivity contribution in [2.24, 2.45) is 5.92 Å². The Morgan fingerprint density at radius 3 is 2.27 bits per heavy atom. The molecule has 3 atom stereocenters. The van der Waals surface area contributed by atoms with E-state index in [4.69, 9.17) is 34.8 Å². The highest BCUT2D eigenvalue weighted by atomic mass is 35.6. The SMILES string of the molecule is ClC(Cl)(Cl)C1NC2C=CC1C2. The first-order valence-corrected chi connectivity index (χ1v) is 4.72. The number of nitrogens with one attached hydrogen (secondary N) is 1. The molecule has 0 radical (unpaired) electrons. The van der Waals surface area contributed by atoms with Crippen LogP contribution in [0.1, 0.15) is 6.42 Å². The summed E-state index contributed by atoms with van der Waals surface area (Å²) >= 11 is 17.3. The first-order valence-electron chi connectivity index (χ1n) is 3.58. The molecular formula is C7H8Cl3N. The number of fused-ring (bicyclic) bond motifs is 2. The second kappa shape index (κ2) is 2.53. The maximum Gasteiger partial charge on any atom is 0.206 e. The monoisotopic (exact) mass is 211 g/mol. The minimum atomic E-state index is -1.16. The van der Waals surface area contributed by atoms with Gasteiger partial charge in [-0.05, 0) is 12.3 Å². The van der Waals surface area contributed by atoms with Gasteiger partial charge in [0.25, 0.3) is 0 Å². The van der Waals surface area contributed by atoms with Crippen LogP contribution in [0.5, 0.6) is 0 Å². The Labute approximate surface area is 80.7 Å². The highest BCUT2D eigenvalue weighted by Crippen LogP contribution is 2.42. The Morgan fingerprint density at radius 2 is 2.00 bits per heavy atom. The number of hydrogen-bond acceptors (Lipinski definition) is 1. The zero-order valence-electron chi connectivity index (χ0n) is 5.73. The highest BCUT2D eigenvalue weighted by molar-refractivity contribution is 6.68. The van der Waals surface area contributed by atoms with Crippen LogP contribution >= 0.6 is 34.8 Å². The fraction of sp³-hybridized carbons (Fsp3) is 0.714. The highest BCUT2D eigenvalue weighted by Gasteiger charge is 2.45. The van der Waals surface area contributed by atoms with Gasteiger partial charge in [0.1, 0.15) is 0 Å². The van der Waals surface area contributed by atoms with Crippen LogP contribution in [0, 0.1) is 5.92 Å². The number of rotatable bonds is 0. The molecule has 1 aliphatic heterocycles. The fourth-order valence-electron chi connectivity index (χ4n) is 1.79. The molecule has 0 saturated carbocycles. The predicted molar refractivity (Wildman–Crippen MR) is 48.2 cm³/mol. The second-order valence-electron chi connectivity index (χ2n) is 3.08. The lowest BCUT2D eigenvalue weighted by Crippen LogP contribution is -2.42. The van der Waals surface area contributed by atoms with E-state index in [9.17, 15) is 0 Å². The summed E-state index contributed by atoms with van der Waals surface area (Å²) in [5.41, 5.74) is 0. The first kappa shape index (κ1) is 8.18. The summed E-state index contributed by atoms with van der Waals surface area (Å²) < 4.78 is -1.16. The predicted octanol–water partition coefficient (Wildman–Crippen LogP) is 2.27. The molecule has 2 aliphatic rings. The van der Waals surface area contributed by atoms with E-state index in [0.717, 1.165) is 6.42 Å². The molecule has 1 heterocycles. The van der Waals surface area contributed by atoms with E-state index in [0.29, 0.717) is 12.0 Å². The van der Waals surface area contributed by atoms with Crippen LogP contribution in [0.15, 0.2) is 12.2 Å². The van der Waals surface area contributed by atoms with E-state index < -0.39 is 3.79 Å². The van der Waals surface area contributed by atoms with Crippen LogP contribution in [0.3, 0.4) is 0 Å². The molecule has 0 aromatic rings. The molecule has 62 valence electrons. The Morgan fingerprint density at radius 1 is 1.27 bits per heavy atom. The minimum Gasteiger partial charge on any atom is -0.303 e. The van der Waals surface area contributed by atoms with Gasteiger partial charge in [0.2, 0.25) is 3.79 Å². The summed E-state index contributed by atoms with van der Waals surface area (Å²) in [4.78, 5) is 0. The van der Waals surface area contributed by atoms with Crippen molar-refractivity contribution >= 4 is 34.8 Å². The van der Waals surface area contributed by atoms with E-state index >= 15 is 0 Å². The standard InChI is InChI=1S/C7H8Cl3N/c8-7(9,10)6-4-1-2-5(3-4)11-6/h1-2,4-6,11H,3H2. The van der Waals surface area contributed by atoms with Gasteiger partial charge in [-0.1, -0.05) is 47.0 Å². The molecule has 1 N–H and O–H groups in total. The minimum absolute atomic E-state index is 0.00231. The Balaban J connectivity index is 2.15. The Bertz CT molecular complexity index is 196. The lowest BCUT2D eigenvalue weighted by molar-refractivity contribution is 0.514. The van der Waals surface area contributed by atoms with Crippen molar-refractivity contribution in [2.45, 2.75) is 22.3 Å². The Hall–Kier alpha value is 0.570. The second-order valence-corrected chi connectivity index (χ2v) is 5.45. The van der Waals surface area contributed by atoms with Crippen molar-refractivity contribution in [1.29, 1.82) is 0 Å². The van der Waals surface area contributed by atoms with Crippen LogP contribution in [0.2, 0.25) is 0 Å². The molecule has 0 amide bonds. The molecule has 0 spiro atoms. The topological polar surface area (TPSA) is 12.0 Å². The van der Waals surface area contributed by atoms with Gasteiger partial charge in [-0.25, -0.2) is 0 Å². The Kier molecular flexibility index (Phi) is 1.88. The van der Waals surface area contributed by atoms with E-state index in [1.165, 1.54) is 0 Å². The maximum absolute atomic E-state index is 5.77. The fourth-order valence-corrected chi connectivity index (χ4v) is 2.46. The molecule has 1 fully saturated rings. The summed E-state index contributed by atoms with van der Waals surface area (Å²) in [6.45, 7) is 0. The molecule has 2 bridgehead atoms. The molecule has 0 aromatic carbocycles. The van der Waals surface area contributed by atoms with E-state index in [-0.39, 0.29) is 6.04 Å². The van der Waals surface area contributed by atoms with Crippen molar-refractivity contribution < 1.29 is 0 Å². The van der Waals surface area contributed by atoms with Gasteiger partial charge in [-0.15, -0.1) is 0 Å². The largest absolute Gasteiger partial charge is 0.303 e. The van der Waals surface area contributed by atoms with Gasteiger partial charge in [0.05, 0.1) is 6.04 Å². The zero-order valence-corrected chi connectivity index (χ0v) is 8.00. The molecule has 2 rings (SSSR count). The van der Waals surface area contributed by atoms with E-state index in [2.05, 4.69) is 17.5 Å². The summed E-state index contributed by atoms with van der Waals surface area (Å²) in [5.74, 6) is 0.410. The number of hydrogen-bond donors (Lipinski definition) is 1. The van der Waals surface area contributed by atoms with Crippen LogP contribution in [-0.2, 0) is 0 Å². The van der Waals surface area contributed by atoms with Gasteiger partial charge < -0.3 is 5.32 Å². The molecule has 1 aliphatic carbocycles. The third-order valence-electron chi connectivity index (χ3n) is 2.29. The normalized spacial score (nSPS) is 41.9. The molecule has 1 nitrogen and oxygen atoms in total. The van der Waals surface area contributed by atoms with Gasteiger partial charge >= 0.3 is 0 Å². The molecule has 4 heteroatoms. The van der Waals surface area contributed by atoms with E-state index in [1.54, 1.807) is 0 Å². The summed E-state index contributed by atoms with van der Waals surface area (Å²) in [6.07, 6.45) is 5.35. The van der Waals surface area contributed by atoms with Gasteiger partial charge in [0.15, 0.2) is 0 Å². The molecule has 1 saturated heterocycles. The summed E-state index contributed by atoms with van der Waals surface area (Å²) in [5, 5.41) is 3.25. The van der Waals surface area contributed by atoms with Crippen molar-refractivity contribution in [2.75, 3.05) is 0 Å². The van der Waals surface area contributed by atoms with Crippen molar-refractivity contribution in [3.63, 3.8) is 0 Å². The average molecular weight is 213 g/mol. The van der Waals surface area contributed by atoms with Crippen molar-refractivity contribution in [1.82, 2.24) is 5.32 Å². The van der Waals surface area contributed by atoms with Crippen LogP contribution in [0.25, 0.3) is 0 Å². The molecule has 0 aromatic heterocycles. The maximum atomic E-state index is 5.77. The van der Waals surface area contributed by atoms with Gasteiger partial charge in [0, 0.05) is 6.04 Å². The van der Waals surface area contributed by atoms with Gasteiger partial charge in [-0.3, -0.25) is 0 Å². The average Bonchev–Trinajstić information content (AvgIpc) is 2.42. The van der Waals surface area contributed by atoms with Crippen LogP contribution < -0.4 is 5.32 Å².